The summed E-state index contributed by atoms with van der Waals surface area (Å²) in [5.41, 5.74) is 3.65. The topological polar surface area (TPSA) is 12.9 Å². The normalized spacial score (nSPS) is 12.0. The summed E-state index contributed by atoms with van der Waals surface area (Å²) >= 11 is 0. The molecule has 0 radical (unpaired) electrons. The SMILES string of the molecule is Cc1ccc2cc(C[Si](C)(C)C)ccc2n1. The second-order valence-corrected chi connectivity index (χ2v) is 11.2. The van der Waals surface area contributed by atoms with Crippen LogP contribution in [-0.2, 0) is 6.04 Å². The van der Waals surface area contributed by atoms with Crippen LogP contribution in [0.2, 0.25) is 19.6 Å². The zero-order valence-corrected chi connectivity index (χ0v) is 11.5. The summed E-state index contributed by atoms with van der Waals surface area (Å²) in [7, 11) is -1.02. The van der Waals surface area contributed by atoms with Gasteiger partial charge in [0.15, 0.2) is 0 Å². The van der Waals surface area contributed by atoms with E-state index in [1.807, 2.05) is 6.92 Å². The van der Waals surface area contributed by atoms with Crippen molar-refractivity contribution in [2.45, 2.75) is 32.6 Å². The Kier molecular flexibility index (Phi) is 2.85. The van der Waals surface area contributed by atoms with E-state index in [2.05, 4.69) is 55.0 Å². The Labute approximate surface area is 98.5 Å². The molecule has 2 aromatic rings. The van der Waals surface area contributed by atoms with Gasteiger partial charge >= 0.3 is 0 Å². The fourth-order valence-electron chi connectivity index (χ4n) is 2.00. The fraction of sp³-hybridized carbons (Fsp3) is 0.357. The van der Waals surface area contributed by atoms with Gasteiger partial charge in [0.2, 0.25) is 0 Å². The first-order valence-electron chi connectivity index (χ1n) is 5.80. The average molecular weight is 229 g/mol. The number of fused-ring (bicyclic) bond motifs is 1. The van der Waals surface area contributed by atoms with Gasteiger partial charge in [-0.05, 0) is 36.7 Å². The van der Waals surface area contributed by atoms with Crippen LogP contribution in [0.4, 0.5) is 0 Å². The second-order valence-electron chi connectivity index (χ2n) is 5.72. The highest BCUT2D eigenvalue weighted by Crippen LogP contribution is 2.18. The molecule has 2 rings (SSSR count). The molecule has 0 unspecified atom stereocenters. The van der Waals surface area contributed by atoms with E-state index < -0.39 is 8.07 Å². The molecule has 0 spiro atoms. The average Bonchev–Trinajstić information content (AvgIpc) is 2.16. The Bertz CT molecular complexity index is 512. The summed E-state index contributed by atoms with van der Waals surface area (Å²) in [6, 6.07) is 12.2. The summed E-state index contributed by atoms with van der Waals surface area (Å²) in [5, 5.41) is 1.27. The number of nitrogens with zero attached hydrogens (tertiary/aromatic N) is 1. The number of rotatable bonds is 2. The lowest BCUT2D eigenvalue weighted by molar-refractivity contribution is 1.24. The molecule has 1 aromatic heterocycles. The van der Waals surface area contributed by atoms with Crippen LogP contribution in [0.3, 0.4) is 0 Å². The van der Waals surface area contributed by atoms with E-state index in [1.54, 1.807) is 0 Å². The molecule has 0 fully saturated rings. The predicted octanol–water partition coefficient (Wildman–Crippen LogP) is 3.96. The van der Waals surface area contributed by atoms with Crippen LogP contribution in [0.1, 0.15) is 11.3 Å². The van der Waals surface area contributed by atoms with Crippen molar-refractivity contribution >= 4 is 19.0 Å². The molecule has 0 amide bonds. The minimum atomic E-state index is -1.02. The van der Waals surface area contributed by atoms with Crippen LogP contribution in [0.15, 0.2) is 30.3 Å². The molecule has 84 valence electrons. The molecule has 2 heteroatoms. The zero-order chi connectivity index (χ0) is 11.8. The van der Waals surface area contributed by atoms with Crippen LogP contribution in [0.5, 0.6) is 0 Å². The highest BCUT2D eigenvalue weighted by Gasteiger charge is 2.13. The molecule has 1 nitrogen and oxygen atoms in total. The summed E-state index contributed by atoms with van der Waals surface area (Å²) in [6.07, 6.45) is 0. The predicted molar refractivity (Wildman–Crippen MR) is 73.5 cm³/mol. The van der Waals surface area contributed by atoms with Gasteiger partial charge in [0.1, 0.15) is 0 Å². The summed E-state index contributed by atoms with van der Waals surface area (Å²) in [5.74, 6) is 0. The van der Waals surface area contributed by atoms with Crippen molar-refractivity contribution in [3.05, 3.63) is 41.6 Å². The maximum absolute atomic E-state index is 4.52. The minimum absolute atomic E-state index is 1.02. The number of pyridine rings is 1. The standard InChI is InChI=1S/C14H19NSi/c1-11-5-7-13-9-12(10-16(2,3)4)6-8-14(13)15-11/h5-9H,10H2,1-4H3. The molecule has 0 N–H and O–H groups in total. The molecule has 1 heterocycles. The molecule has 0 atom stereocenters. The maximum Gasteiger partial charge on any atom is 0.0705 e. The van der Waals surface area contributed by atoms with Crippen molar-refractivity contribution < 1.29 is 0 Å². The number of hydrogen-bond acceptors (Lipinski definition) is 1. The quantitative estimate of drug-likeness (QED) is 0.710. The summed E-state index contributed by atoms with van der Waals surface area (Å²) < 4.78 is 0. The van der Waals surface area contributed by atoms with Gasteiger partial charge in [0.25, 0.3) is 0 Å². The van der Waals surface area contributed by atoms with Gasteiger partial charge in [-0.25, -0.2) is 0 Å². The highest BCUT2D eigenvalue weighted by molar-refractivity contribution is 6.75. The zero-order valence-electron chi connectivity index (χ0n) is 10.5. The molecule has 0 saturated heterocycles. The van der Waals surface area contributed by atoms with Crippen molar-refractivity contribution in [1.82, 2.24) is 4.98 Å². The van der Waals surface area contributed by atoms with Gasteiger partial charge in [0, 0.05) is 19.2 Å². The molecule has 1 aromatic carbocycles. The molecule has 0 saturated carbocycles. The highest BCUT2D eigenvalue weighted by atomic mass is 28.3. The van der Waals surface area contributed by atoms with Crippen LogP contribution in [0, 0.1) is 6.92 Å². The van der Waals surface area contributed by atoms with E-state index in [0.717, 1.165) is 11.2 Å². The van der Waals surface area contributed by atoms with Crippen molar-refractivity contribution in [2.75, 3.05) is 0 Å². The molecular weight excluding hydrogens is 210 g/mol. The van der Waals surface area contributed by atoms with Crippen LogP contribution in [-0.4, -0.2) is 13.1 Å². The monoisotopic (exact) mass is 229 g/mol. The Morgan fingerprint density at radius 1 is 1.06 bits per heavy atom. The first kappa shape index (κ1) is 11.3. The first-order valence-corrected chi connectivity index (χ1v) is 9.51. The molecular formula is C14H19NSi. The lowest BCUT2D eigenvalue weighted by Crippen LogP contribution is -2.23. The van der Waals surface area contributed by atoms with Crippen molar-refractivity contribution in [1.29, 1.82) is 0 Å². The molecule has 16 heavy (non-hydrogen) atoms. The van der Waals surface area contributed by atoms with E-state index in [4.69, 9.17) is 0 Å². The number of aromatic nitrogens is 1. The Hall–Kier alpha value is -1.15. The van der Waals surface area contributed by atoms with E-state index in [-0.39, 0.29) is 0 Å². The van der Waals surface area contributed by atoms with Crippen LogP contribution < -0.4 is 0 Å². The molecule has 0 bridgehead atoms. The largest absolute Gasteiger partial charge is 0.253 e. The lowest BCUT2D eigenvalue weighted by atomic mass is 10.1. The van der Waals surface area contributed by atoms with E-state index >= 15 is 0 Å². The Balaban J connectivity index is 2.41. The molecule has 0 aliphatic rings. The molecule has 0 aliphatic heterocycles. The van der Waals surface area contributed by atoms with Gasteiger partial charge in [-0.1, -0.05) is 31.8 Å². The van der Waals surface area contributed by atoms with Gasteiger partial charge < -0.3 is 0 Å². The van der Waals surface area contributed by atoms with Crippen LogP contribution >= 0.6 is 0 Å². The van der Waals surface area contributed by atoms with Crippen molar-refractivity contribution in [2.24, 2.45) is 0 Å². The third kappa shape index (κ3) is 2.70. The third-order valence-electron chi connectivity index (χ3n) is 2.63. The Morgan fingerprint density at radius 3 is 2.50 bits per heavy atom. The van der Waals surface area contributed by atoms with Gasteiger partial charge in [0.05, 0.1) is 5.52 Å². The lowest BCUT2D eigenvalue weighted by Gasteiger charge is -2.15. The smallest absolute Gasteiger partial charge is 0.0705 e. The van der Waals surface area contributed by atoms with E-state index in [1.165, 1.54) is 17.0 Å². The van der Waals surface area contributed by atoms with Crippen molar-refractivity contribution in [3.8, 4) is 0 Å². The number of benzene rings is 1. The second kappa shape index (κ2) is 4.02. The summed E-state index contributed by atoms with van der Waals surface area (Å²) in [6.45, 7) is 9.26. The maximum atomic E-state index is 4.52. The third-order valence-corrected chi connectivity index (χ3v) is 4.10. The van der Waals surface area contributed by atoms with Gasteiger partial charge in [-0.15, -0.1) is 0 Å². The van der Waals surface area contributed by atoms with Gasteiger partial charge in [-0.3, -0.25) is 4.98 Å². The number of hydrogen-bond donors (Lipinski definition) is 0. The van der Waals surface area contributed by atoms with Gasteiger partial charge in [-0.2, -0.15) is 0 Å². The number of aryl methyl sites for hydroxylation is 1. The first-order chi connectivity index (χ1) is 7.44. The Morgan fingerprint density at radius 2 is 1.81 bits per heavy atom. The van der Waals surface area contributed by atoms with E-state index in [0.29, 0.717) is 0 Å². The minimum Gasteiger partial charge on any atom is -0.253 e. The summed E-state index contributed by atoms with van der Waals surface area (Å²) in [4.78, 5) is 4.52. The van der Waals surface area contributed by atoms with Crippen LogP contribution in [0.25, 0.3) is 10.9 Å². The fourth-order valence-corrected chi connectivity index (χ4v) is 3.44. The van der Waals surface area contributed by atoms with E-state index in [9.17, 15) is 0 Å². The molecule has 0 aliphatic carbocycles. The van der Waals surface area contributed by atoms with Crippen molar-refractivity contribution in [3.63, 3.8) is 0 Å².